The van der Waals surface area contributed by atoms with Crippen LogP contribution >= 0.6 is 0 Å². The van der Waals surface area contributed by atoms with Crippen molar-refractivity contribution in [1.29, 1.82) is 0 Å². The Labute approximate surface area is 105 Å². The first-order valence-corrected chi connectivity index (χ1v) is 7.33. The Balaban J connectivity index is 1.51. The van der Waals surface area contributed by atoms with E-state index in [0.717, 1.165) is 18.4 Å². The third-order valence-corrected chi connectivity index (χ3v) is 4.82. The van der Waals surface area contributed by atoms with Crippen LogP contribution in [0.1, 0.15) is 33.1 Å². The number of hydrogen-bond acceptors (Lipinski definition) is 3. The summed E-state index contributed by atoms with van der Waals surface area (Å²) in [4.78, 5) is 2.66. The predicted octanol–water partition coefficient (Wildman–Crippen LogP) is 1.48. The third kappa shape index (κ3) is 2.51. The minimum absolute atomic E-state index is 0.590. The van der Waals surface area contributed by atoms with Gasteiger partial charge in [-0.3, -0.25) is 0 Å². The summed E-state index contributed by atoms with van der Waals surface area (Å²) in [5, 5.41) is 3.63. The van der Waals surface area contributed by atoms with Gasteiger partial charge < -0.3 is 15.0 Å². The van der Waals surface area contributed by atoms with Gasteiger partial charge in [0.2, 0.25) is 0 Å². The third-order valence-electron chi connectivity index (χ3n) is 4.82. The van der Waals surface area contributed by atoms with Crippen molar-refractivity contribution in [3.63, 3.8) is 0 Å². The van der Waals surface area contributed by atoms with E-state index in [1.807, 2.05) is 0 Å². The van der Waals surface area contributed by atoms with Crippen molar-refractivity contribution in [2.24, 2.45) is 11.8 Å². The minimum atomic E-state index is 0.590. The van der Waals surface area contributed by atoms with Crippen molar-refractivity contribution in [2.45, 2.75) is 51.4 Å². The average Bonchev–Trinajstić information content (AvgIpc) is 2.91. The second-order valence-corrected chi connectivity index (χ2v) is 6.43. The van der Waals surface area contributed by atoms with Gasteiger partial charge in [0.15, 0.2) is 0 Å². The zero-order chi connectivity index (χ0) is 11.8. The van der Waals surface area contributed by atoms with Gasteiger partial charge in [0, 0.05) is 38.1 Å². The summed E-state index contributed by atoms with van der Waals surface area (Å²) in [6, 6.07) is 0.684. The van der Waals surface area contributed by atoms with Gasteiger partial charge in [0.1, 0.15) is 0 Å². The highest BCUT2D eigenvalue weighted by Gasteiger charge is 2.41. The topological polar surface area (TPSA) is 24.5 Å². The summed E-state index contributed by atoms with van der Waals surface area (Å²) in [6.07, 6.45) is 5.15. The van der Waals surface area contributed by atoms with E-state index in [4.69, 9.17) is 4.74 Å². The maximum atomic E-state index is 5.96. The summed E-state index contributed by atoms with van der Waals surface area (Å²) in [7, 11) is 0. The van der Waals surface area contributed by atoms with Gasteiger partial charge in [-0.2, -0.15) is 0 Å². The van der Waals surface area contributed by atoms with E-state index in [2.05, 4.69) is 24.1 Å². The number of hydrogen-bond donors (Lipinski definition) is 1. The number of rotatable bonds is 3. The highest BCUT2D eigenvalue weighted by molar-refractivity contribution is 4.92. The van der Waals surface area contributed by atoms with Crippen LogP contribution in [0.3, 0.4) is 0 Å². The standard InChI is InChI=1S/C14H26N2O/c1-10(2)13-9-16(6-5-15-13)8-11-7-12-3-4-14(11)17-12/h10-15H,3-9H2,1-2H3. The smallest absolute Gasteiger partial charge is 0.0621 e. The molecule has 3 saturated heterocycles. The molecule has 4 atom stereocenters. The van der Waals surface area contributed by atoms with Gasteiger partial charge in [-0.25, -0.2) is 0 Å². The van der Waals surface area contributed by atoms with Gasteiger partial charge >= 0.3 is 0 Å². The van der Waals surface area contributed by atoms with Gasteiger partial charge in [0.05, 0.1) is 12.2 Å². The monoisotopic (exact) mass is 238 g/mol. The molecule has 0 aromatic heterocycles. The van der Waals surface area contributed by atoms with Crippen molar-refractivity contribution in [3.8, 4) is 0 Å². The Morgan fingerprint density at radius 2 is 2.24 bits per heavy atom. The molecule has 4 unspecified atom stereocenters. The molecule has 2 bridgehead atoms. The van der Waals surface area contributed by atoms with Crippen LogP contribution in [-0.4, -0.2) is 49.3 Å². The van der Waals surface area contributed by atoms with Crippen LogP contribution < -0.4 is 5.32 Å². The van der Waals surface area contributed by atoms with Crippen molar-refractivity contribution in [1.82, 2.24) is 10.2 Å². The molecule has 3 heterocycles. The number of nitrogens with zero attached hydrogens (tertiary/aromatic N) is 1. The van der Waals surface area contributed by atoms with Crippen LogP contribution in [0.4, 0.5) is 0 Å². The Kier molecular flexibility index (Phi) is 3.42. The van der Waals surface area contributed by atoms with E-state index in [-0.39, 0.29) is 0 Å². The lowest BCUT2D eigenvalue weighted by Crippen LogP contribution is -2.54. The van der Waals surface area contributed by atoms with E-state index >= 15 is 0 Å². The zero-order valence-corrected chi connectivity index (χ0v) is 11.2. The molecule has 0 radical (unpaired) electrons. The molecule has 3 nitrogen and oxygen atoms in total. The summed E-state index contributed by atoms with van der Waals surface area (Å²) >= 11 is 0. The molecule has 98 valence electrons. The SMILES string of the molecule is CC(C)C1CN(CC2CC3CCC2O3)CCN1. The summed E-state index contributed by atoms with van der Waals surface area (Å²) in [5.41, 5.74) is 0. The van der Waals surface area contributed by atoms with E-state index in [0.29, 0.717) is 18.2 Å². The molecular weight excluding hydrogens is 212 g/mol. The second kappa shape index (κ2) is 4.87. The normalized spacial score (nSPS) is 42.5. The molecular formula is C14H26N2O. The molecule has 0 saturated carbocycles. The fourth-order valence-electron chi connectivity index (χ4n) is 3.72. The van der Waals surface area contributed by atoms with Crippen LogP contribution in [0, 0.1) is 11.8 Å². The van der Waals surface area contributed by atoms with Gasteiger partial charge in [-0.05, 0) is 25.2 Å². The fraction of sp³-hybridized carbons (Fsp3) is 1.00. The van der Waals surface area contributed by atoms with Crippen LogP contribution in [0.5, 0.6) is 0 Å². The Morgan fingerprint density at radius 1 is 1.35 bits per heavy atom. The maximum Gasteiger partial charge on any atom is 0.0621 e. The minimum Gasteiger partial charge on any atom is -0.375 e. The summed E-state index contributed by atoms with van der Waals surface area (Å²) in [6.45, 7) is 9.52. The first-order chi connectivity index (χ1) is 8.22. The highest BCUT2D eigenvalue weighted by atomic mass is 16.5. The molecule has 0 amide bonds. The Bertz CT molecular complexity index is 269. The van der Waals surface area contributed by atoms with E-state index in [1.54, 1.807) is 0 Å². The molecule has 3 fully saturated rings. The van der Waals surface area contributed by atoms with Crippen molar-refractivity contribution in [3.05, 3.63) is 0 Å². The first-order valence-electron chi connectivity index (χ1n) is 7.33. The lowest BCUT2D eigenvalue weighted by Gasteiger charge is -2.37. The summed E-state index contributed by atoms with van der Waals surface area (Å²) < 4.78 is 5.96. The molecule has 3 rings (SSSR count). The molecule has 17 heavy (non-hydrogen) atoms. The van der Waals surface area contributed by atoms with Crippen LogP contribution in [0.25, 0.3) is 0 Å². The molecule has 3 heteroatoms. The number of nitrogens with one attached hydrogen (secondary N) is 1. The second-order valence-electron chi connectivity index (χ2n) is 6.43. The van der Waals surface area contributed by atoms with Crippen molar-refractivity contribution < 1.29 is 4.74 Å². The lowest BCUT2D eigenvalue weighted by atomic mass is 9.88. The first kappa shape index (κ1) is 11.9. The molecule has 1 N–H and O–H groups in total. The average molecular weight is 238 g/mol. The van der Waals surface area contributed by atoms with Crippen LogP contribution in [0.2, 0.25) is 0 Å². The largest absolute Gasteiger partial charge is 0.375 e. The summed E-state index contributed by atoms with van der Waals surface area (Å²) in [5.74, 6) is 1.56. The van der Waals surface area contributed by atoms with E-state index < -0.39 is 0 Å². The number of piperazine rings is 1. The number of fused-ring (bicyclic) bond motifs is 2. The van der Waals surface area contributed by atoms with Crippen LogP contribution in [-0.2, 0) is 4.74 Å². The quantitative estimate of drug-likeness (QED) is 0.806. The Hall–Kier alpha value is -0.120. The van der Waals surface area contributed by atoms with Gasteiger partial charge in [-0.15, -0.1) is 0 Å². The van der Waals surface area contributed by atoms with Crippen molar-refractivity contribution in [2.75, 3.05) is 26.2 Å². The molecule has 3 aliphatic rings. The van der Waals surface area contributed by atoms with Crippen LogP contribution in [0.15, 0.2) is 0 Å². The Morgan fingerprint density at radius 3 is 2.88 bits per heavy atom. The lowest BCUT2D eigenvalue weighted by molar-refractivity contribution is 0.0777. The van der Waals surface area contributed by atoms with E-state index in [1.165, 1.54) is 38.9 Å². The van der Waals surface area contributed by atoms with Gasteiger partial charge in [0.25, 0.3) is 0 Å². The molecule has 0 aliphatic carbocycles. The predicted molar refractivity (Wildman–Crippen MR) is 69.1 cm³/mol. The maximum absolute atomic E-state index is 5.96. The zero-order valence-electron chi connectivity index (χ0n) is 11.2. The fourth-order valence-corrected chi connectivity index (χ4v) is 3.72. The molecule has 0 spiro atoms. The highest BCUT2D eigenvalue weighted by Crippen LogP contribution is 2.39. The molecule has 0 aromatic rings. The van der Waals surface area contributed by atoms with E-state index in [9.17, 15) is 0 Å². The van der Waals surface area contributed by atoms with Gasteiger partial charge in [-0.1, -0.05) is 13.8 Å². The molecule has 3 aliphatic heterocycles. The molecule has 0 aromatic carbocycles. The van der Waals surface area contributed by atoms with Crippen molar-refractivity contribution >= 4 is 0 Å². The number of ether oxygens (including phenoxy) is 1.